The molecule has 0 N–H and O–H groups in total. The molecule has 0 saturated heterocycles. The Kier molecular flexibility index (Phi) is 3.73. The summed E-state index contributed by atoms with van der Waals surface area (Å²) in [5.74, 6) is 0.329. The van der Waals surface area contributed by atoms with Crippen LogP contribution in [0.1, 0.15) is 43.1 Å². The molecule has 2 saturated carbocycles. The maximum Gasteiger partial charge on any atom is 0.358 e. The minimum atomic E-state index is -0.342. The van der Waals surface area contributed by atoms with Crippen LogP contribution in [-0.4, -0.2) is 29.8 Å². The Bertz CT molecular complexity index is 689. The molecule has 2 aromatic heterocycles. The summed E-state index contributed by atoms with van der Waals surface area (Å²) in [5.41, 5.74) is 0.418. The highest BCUT2D eigenvalue weighted by atomic mass is 32.1. The van der Waals surface area contributed by atoms with Gasteiger partial charge in [0.05, 0.1) is 12.4 Å². The average molecular weight is 333 g/mol. The van der Waals surface area contributed by atoms with E-state index < -0.39 is 0 Å². The minimum Gasteiger partial charge on any atom is -0.462 e. The molecule has 5 nitrogen and oxygen atoms in total. The molecule has 2 aliphatic carbocycles. The maximum atomic E-state index is 12.4. The van der Waals surface area contributed by atoms with Crippen molar-refractivity contribution in [2.24, 2.45) is 5.41 Å². The van der Waals surface area contributed by atoms with Crippen LogP contribution in [0.15, 0.2) is 28.2 Å². The van der Waals surface area contributed by atoms with Crippen LogP contribution in [0, 0.1) is 5.41 Å². The largest absolute Gasteiger partial charge is 0.462 e. The first-order chi connectivity index (χ1) is 11.2. The van der Waals surface area contributed by atoms with E-state index in [4.69, 9.17) is 13.9 Å². The van der Waals surface area contributed by atoms with Gasteiger partial charge in [-0.2, -0.15) is 0 Å². The molecule has 0 aliphatic heterocycles. The number of hydrogen-bond acceptors (Lipinski definition) is 6. The Morgan fingerprint density at radius 2 is 2.35 bits per heavy atom. The van der Waals surface area contributed by atoms with Crippen LogP contribution < -0.4 is 0 Å². The molecule has 2 fully saturated rings. The fraction of sp³-hybridized carbons (Fsp3) is 0.529. The highest BCUT2D eigenvalue weighted by molar-refractivity contribution is 7.13. The van der Waals surface area contributed by atoms with Gasteiger partial charge in [0.1, 0.15) is 6.10 Å². The standard InChI is InChI=1S/C17H19NO4S/c1-2-20-13-9-14(17(13)6-4-7-17)22-16(19)11-10-23-15(18-11)12-5-3-8-21-12/h3,5,8,10,13-14H,2,4,6-7,9H2,1H3/t13-,14+/m0/s1. The summed E-state index contributed by atoms with van der Waals surface area (Å²) < 4.78 is 16.8. The van der Waals surface area contributed by atoms with Gasteiger partial charge in [-0.05, 0) is 31.9 Å². The van der Waals surface area contributed by atoms with E-state index in [1.807, 2.05) is 13.0 Å². The van der Waals surface area contributed by atoms with Gasteiger partial charge < -0.3 is 13.9 Å². The maximum absolute atomic E-state index is 12.4. The zero-order valence-electron chi connectivity index (χ0n) is 13.0. The van der Waals surface area contributed by atoms with Crippen molar-refractivity contribution in [2.75, 3.05) is 6.61 Å². The van der Waals surface area contributed by atoms with Gasteiger partial charge in [-0.25, -0.2) is 9.78 Å². The predicted molar refractivity (Wildman–Crippen MR) is 85.3 cm³/mol. The number of aromatic nitrogens is 1. The molecule has 2 aliphatic rings. The highest BCUT2D eigenvalue weighted by Gasteiger charge is 2.61. The van der Waals surface area contributed by atoms with Crippen molar-refractivity contribution in [2.45, 2.75) is 44.8 Å². The lowest BCUT2D eigenvalue weighted by Crippen LogP contribution is -2.63. The fourth-order valence-corrected chi connectivity index (χ4v) is 4.37. The van der Waals surface area contributed by atoms with Crippen molar-refractivity contribution in [3.05, 3.63) is 29.5 Å². The van der Waals surface area contributed by atoms with E-state index in [1.165, 1.54) is 17.8 Å². The number of furan rings is 1. The zero-order chi connectivity index (χ0) is 15.9. The van der Waals surface area contributed by atoms with Crippen molar-refractivity contribution in [1.82, 2.24) is 4.98 Å². The van der Waals surface area contributed by atoms with Gasteiger partial charge in [0.2, 0.25) is 0 Å². The first-order valence-electron chi connectivity index (χ1n) is 8.05. The van der Waals surface area contributed by atoms with Gasteiger partial charge in [0.25, 0.3) is 0 Å². The average Bonchev–Trinajstić information content (AvgIpc) is 3.14. The second kappa shape index (κ2) is 5.76. The van der Waals surface area contributed by atoms with Crippen LogP contribution in [-0.2, 0) is 9.47 Å². The van der Waals surface area contributed by atoms with Gasteiger partial charge in [0, 0.05) is 23.8 Å². The van der Waals surface area contributed by atoms with E-state index in [1.54, 1.807) is 17.7 Å². The zero-order valence-corrected chi connectivity index (χ0v) is 13.8. The van der Waals surface area contributed by atoms with E-state index in [2.05, 4.69) is 4.98 Å². The monoisotopic (exact) mass is 333 g/mol. The third-order valence-electron chi connectivity index (χ3n) is 5.06. The molecule has 0 radical (unpaired) electrons. The second-order valence-corrected chi connectivity index (χ2v) is 7.03. The Labute approximate surface area is 138 Å². The lowest BCUT2D eigenvalue weighted by Gasteiger charge is -2.59. The lowest BCUT2D eigenvalue weighted by atomic mass is 9.52. The van der Waals surface area contributed by atoms with Gasteiger partial charge >= 0.3 is 5.97 Å². The molecule has 4 rings (SSSR count). The Balaban J connectivity index is 1.43. The van der Waals surface area contributed by atoms with Crippen LogP contribution in [0.25, 0.3) is 10.8 Å². The van der Waals surface area contributed by atoms with Crippen LogP contribution in [0.5, 0.6) is 0 Å². The van der Waals surface area contributed by atoms with E-state index in [0.29, 0.717) is 23.1 Å². The summed E-state index contributed by atoms with van der Waals surface area (Å²) in [4.78, 5) is 16.7. The molecule has 6 heteroatoms. The quantitative estimate of drug-likeness (QED) is 0.776. The van der Waals surface area contributed by atoms with Crippen molar-refractivity contribution >= 4 is 17.3 Å². The molecule has 23 heavy (non-hydrogen) atoms. The summed E-state index contributed by atoms with van der Waals surface area (Å²) >= 11 is 1.39. The smallest absolute Gasteiger partial charge is 0.358 e. The molecular formula is C17H19NO4S. The minimum absolute atomic E-state index is 0.0333. The van der Waals surface area contributed by atoms with Crippen molar-refractivity contribution < 1.29 is 18.7 Å². The Hall–Kier alpha value is -1.66. The molecular weight excluding hydrogens is 314 g/mol. The number of ether oxygens (including phenoxy) is 2. The van der Waals surface area contributed by atoms with Crippen molar-refractivity contribution in [3.8, 4) is 10.8 Å². The van der Waals surface area contributed by atoms with E-state index >= 15 is 0 Å². The lowest BCUT2D eigenvalue weighted by molar-refractivity contribution is -0.225. The van der Waals surface area contributed by atoms with E-state index in [0.717, 1.165) is 19.3 Å². The number of carbonyl (C=O) groups excluding carboxylic acids is 1. The van der Waals surface area contributed by atoms with Gasteiger partial charge in [-0.1, -0.05) is 6.42 Å². The topological polar surface area (TPSA) is 61.6 Å². The SMILES string of the molecule is CCO[C@H]1C[C@@H](OC(=O)c2csc(-c3ccco3)n2)C12CCC2. The Morgan fingerprint density at radius 1 is 1.48 bits per heavy atom. The number of thiazole rings is 1. The number of nitrogens with zero attached hydrogens (tertiary/aromatic N) is 1. The predicted octanol–water partition coefficient (Wildman–Crippen LogP) is 3.91. The normalized spacial score (nSPS) is 24.9. The van der Waals surface area contributed by atoms with E-state index in [9.17, 15) is 4.79 Å². The molecule has 1 spiro atoms. The van der Waals surface area contributed by atoms with Gasteiger partial charge in [0.15, 0.2) is 16.5 Å². The summed E-state index contributed by atoms with van der Waals surface area (Å²) in [5, 5.41) is 2.42. The van der Waals surface area contributed by atoms with Crippen LogP contribution in [0.3, 0.4) is 0 Å². The van der Waals surface area contributed by atoms with Crippen molar-refractivity contribution in [3.63, 3.8) is 0 Å². The molecule has 0 unspecified atom stereocenters. The van der Waals surface area contributed by atoms with Crippen LogP contribution in [0.4, 0.5) is 0 Å². The third kappa shape index (κ3) is 2.40. The molecule has 0 amide bonds. The molecule has 0 bridgehead atoms. The molecule has 0 aromatic carbocycles. The first-order valence-corrected chi connectivity index (χ1v) is 8.93. The number of carbonyl (C=O) groups is 1. The van der Waals surface area contributed by atoms with Gasteiger partial charge in [-0.3, -0.25) is 0 Å². The molecule has 2 atom stereocenters. The number of hydrogen-bond donors (Lipinski definition) is 0. The molecule has 2 heterocycles. The van der Waals surface area contributed by atoms with Gasteiger partial charge in [-0.15, -0.1) is 11.3 Å². The highest BCUT2D eigenvalue weighted by Crippen LogP contribution is 2.58. The van der Waals surface area contributed by atoms with Crippen LogP contribution >= 0.6 is 11.3 Å². The summed E-state index contributed by atoms with van der Waals surface area (Å²) in [6.45, 7) is 2.73. The number of esters is 1. The first kappa shape index (κ1) is 14.9. The summed E-state index contributed by atoms with van der Waals surface area (Å²) in [6.07, 6.45) is 5.97. The van der Waals surface area contributed by atoms with E-state index in [-0.39, 0.29) is 23.6 Å². The van der Waals surface area contributed by atoms with Crippen molar-refractivity contribution in [1.29, 1.82) is 0 Å². The van der Waals surface area contributed by atoms with Crippen LogP contribution in [0.2, 0.25) is 0 Å². The number of rotatable bonds is 5. The summed E-state index contributed by atoms with van der Waals surface area (Å²) in [6, 6.07) is 3.63. The summed E-state index contributed by atoms with van der Waals surface area (Å²) in [7, 11) is 0. The molecule has 2 aromatic rings. The Morgan fingerprint density at radius 3 is 3.00 bits per heavy atom. The molecule has 122 valence electrons. The third-order valence-corrected chi connectivity index (χ3v) is 5.91. The second-order valence-electron chi connectivity index (χ2n) is 6.18. The fourth-order valence-electron chi connectivity index (χ4n) is 3.61.